The lowest BCUT2D eigenvalue weighted by molar-refractivity contribution is -0.120. The third kappa shape index (κ3) is 5.25. The Bertz CT molecular complexity index is 1050. The number of amides is 1. The van der Waals surface area contributed by atoms with Crippen molar-refractivity contribution in [3.8, 4) is 11.5 Å². The van der Waals surface area contributed by atoms with Gasteiger partial charge in [0.1, 0.15) is 11.5 Å². The van der Waals surface area contributed by atoms with E-state index in [4.69, 9.17) is 14.2 Å². The molecule has 0 atom stereocenters. The van der Waals surface area contributed by atoms with Crippen molar-refractivity contribution in [2.75, 3.05) is 26.9 Å². The highest BCUT2D eigenvalue weighted by Gasteiger charge is 2.10. The molecular formula is C22H26N2O4S. The summed E-state index contributed by atoms with van der Waals surface area (Å²) in [4.78, 5) is 17.4. The number of hydrogen-bond acceptors (Lipinski definition) is 5. The Kier molecular flexibility index (Phi) is 7.06. The van der Waals surface area contributed by atoms with Crippen LogP contribution in [0.25, 0.3) is 10.2 Å². The third-order valence-corrected chi connectivity index (χ3v) is 5.58. The Morgan fingerprint density at radius 1 is 1.07 bits per heavy atom. The van der Waals surface area contributed by atoms with E-state index in [1.165, 1.54) is 22.5 Å². The average Bonchev–Trinajstić information content (AvgIpc) is 3.02. The molecular weight excluding hydrogens is 388 g/mol. The lowest BCUT2D eigenvalue weighted by Crippen LogP contribution is -2.21. The zero-order valence-corrected chi connectivity index (χ0v) is 18.0. The van der Waals surface area contributed by atoms with Gasteiger partial charge in [-0.05, 0) is 68.3 Å². The van der Waals surface area contributed by atoms with Crippen LogP contribution in [0.5, 0.6) is 11.5 Å². The summed E-state index contributed by atoms with van der Waals surface area (Å²) in [5.74, 6) is 1.04. The number of hydrogen-bond donors (Lipinski definition) is 0. The van der Waals surface area contributed by atoms with E-state index in [1.807, 2.05) is 23.6 Å². The summed E-state index contributed by atoms with van der Waals surface area (Å²) in [7, 11) is 1.66. The first-order chi connectivity index (χ1) is 14.0. The summed E-state index contributed by atoms with van der Waals surface area (Å²) >= 11 is 1.50. The summed E-state index contributed by atoms with van der Waals surface area (Å²) in [5, 5.41) is 0. The number of rotatable bonds is 8. The Morgan fingerprint density at radius 2 is 1.72 bits per heavy atom. The zero-order chi connectivity index (χ0) is 20.8. The number of fused-ring (bicyclic) bond motifs is 1. The largest absolute Gasteiger partial charge is 0.494 e. The van der Waals surface area contributed by atoms with Gasteiger partial charge in [0, 0.05) is 13.7 Å². The molecule has 0 bridgehead atoms. The van der Waals surface area contributed by atoms with E-state index in [2.05, 4.69) is 31.0 Å². The maximum absolute atomic E-state index is 12.4. The highest BCUT2D eigenvalue weighted by Crippen LogP contribution is 2.22. The van der Waals surface area contributed by atoms with Crippen molar-refractivity contribution in [3.05, 3.63) is 52.3 Å². The lowest BCUT2D eigenvalue weighted by atomic mass is 10.1. The van der Waals surface area contributed by atoms with Crippen LogP contribution in [-0.2, 0) is 16.1 Å². The molecule has 0 fully saturated rings. The Hall–Kier alpha value is -2.64. The number of nitrogens with zero attached hydrogens (tertiary/aromatic N) is 2. The molecule has 0 aliphatic rings. The molecule has 0 radical (unpaired) electrons. The molecule has 2 aromatic carbocycles. The number of methoxy groups -OCH3 is 1. The first-order valence-corrected chi connectivity index (χ1v) is 10.4. The second kappa shape index (κ2) is 9.71. The molecule has 1 amide bonds. The highest BCUT2D eigenvalue weighted by atomic mass is 32.1. The van der Waals surface area contributed by atoms with Crippen LogP contribution in [0.15, 0.2) is 41.4 Å². The van der Waals surface area contributed by atoms with Crippen molar-refractivity contribution >= 4 is 27.5 Å². The van der Waals surface area contributed by atoms with Crippen molar-refractivity contribution < 1.29 is 19.0 Å². The van der Waals surface area contributed by atoms with Crippen LogP contribution in [0.4, 0.5) is 0 Å². The van der Waals surface area contributed by atoms with E-state index < -0.39 is 0 Å². The van der Waals surface area contributed by atoms with Crippen LogP contribution in [0.1, 0.15) is 18.1 Å². The van der Waals surface area contributed by atoms with Crippen molar-refractivity contribution in [2.24, 2.45) is 4.99 Å². The molecule has 0 saturated carbocycles. The number of aryl methyl sites for hydroxylation is 2. The third-order valence-electron chi connectivity index (χ3n) is 4.53. The topological polar surface area (TPSA) is 62.0 Å². The molecule has 3 rings (SSSR count). The maximum atomic E-state index is 12.4. The van der Waals surface area contributed by atoms with Crippen molar-refractivity contribution in [1.29, 1.82) is 0 Å². The second-order valence-electron chi connectivity index (χ2n) is 6.63. The molecule has 1 aromatic heterocycles. The number of thiazole rings is 1. The Balaban J connectivity index is 1.81. The van der Waals surface area contributed by atoms with Gasteiger partial charge < -0.3 is 18.8 Å². The molecule has 0 aliphatic heterocycles. The van der Waals surface area contributed by atoms with Crippen LogP contribution >= 0.6 is 11.3 Å². The molecule has 7 heteroatoms. The quantitative estimate of drug-likeness (QED) is 0.561. The fourth-order valence-corrected chi connectivity index (χ4v) is 4.04. The van der Waals surface area contributed by atoms with Crippen LogP contribution in [0.2, 0.25) is 0 Å². The normalized spacial score (nSPS) is 11.8. The minimum Gasteiger partial charge on any atom is -0.494 e. The van der Waals surface area contributed by atoms with Crippen molar-refractivity contribution in [3.63, 3.8) is 0 Å². The van der Waals surface area contributed by atoms with Gasteiger partial charge in [-0.25, -0.2) is 0 Å². The molecule has 0 spiro atoms. The molecule has 6 nitrogen and oxygen atoms in total. The maximum Gasteiger partial charge on any atom is 0.286 e. The van der Waals surface area contributed by atoms with E-state index >= 15 is 0 Å². The fraction of sp³-hybridized carbons (Fsp3) is 0.364. The predicted molar refractivity (Wildman–Crippen MR) is 115 cm³/mol. The molecule has 0 unspecified atom stereocenters. The molecule has 29 heavy (non-hydrogen) atoms. The molecule has 154 valence electrons. The Morgan fingerprint density at radius 3 is 2.38 bits per heavy atom. The first-order valence-electron chi connectivity index (χ1n) is 9.54. The summed E-state index contributed by atoms with van der Waals surface area (Å²) in [6.45, 7) is 7.76. The van der Waals surface area contributed by atoms with Gasteiger partial charge in [0.2, 0.25) is 0 Å². The lowest BCUT2D eigenvalue weighted by Gasteiger charge is -2.07. The zero-order valence-electron chi connectivity index (χ0n) is 17.2. The minimum atomic E-state index is -0.329. The van der Waals surface area contributed by atoms with Gasteiger partial charge in [-0.15, -0.1) is 0 Å². The highest BCUT2D eigenvalue weighted by molar-refractivity contribution is 7.16. The van der Waals surface area contributed by atoms with Gasteiger partial charge in [-0.3, -0.25) is 4.79 Å². The molecule has 0 aliphatic carbocycles. The molecule has 0 N–H and O–H groups in total. The van der Waals surface area contributed by atoms with E-state index in [1.54, 1.807) is 19.2 Å². The van der Waals surface area contributed by atoms with Crippen LogP contribution < -0.4 is 14.3 Å². The minimum absolute atomic E-state index is 0.120. The predicted octanol–water partition coefficient (Wildman–Crippen LogP) is 3.87. The van der Waals surface area contributed by atoms with Crippen LogP contribution in [-0.4, -0.2) is 37.4 Å². The van der Waals surface area contributed by atoms with Gasteiger partial charge in [0.05, 0.1) is 23.4 Å². The Labute approximate surface area is 174 Å². The van der Waals surface area contributed by atoms with Crippen LogP contribution in [0, 0.1) is 13.8 Å². The van der Waals surface area contributed by atoms with Gasteiger partial charge >= 0.3 is 0 Å². The van der Waals surface area contributed by atoms with Crippen LogP contribution in [0.3, 0.4) is 0 Å². The molecule has 1 heterocycles. The second-order valence-corrected chi connectivity index (χ2v) is 7.64. The summed E-state index contributed by atoms with van der Waals surface area (Å²) in [6, 6.07) is 11.5. The van der Waals surface area contributed by atoms with E-state index in [9.17, 15) is 4.79 Å². The number of carbonyl (C=O) groups is 1. The smallest absolute Gasteiger partial charge is 0.286 e. The van der Waals surface area contributed by atoms with E-state index in [0.29, 0.717) is 30.3 Å². The van der Waals surface area contributed by atoms with Gasteiger partial charge in [-0.1, -0.05) is 11.3 Å². The van der Waals surface area contributed by atoms with Gasteiger partial charge in [0.25, 0.3) is 5.91 Å². The number of benzene rings is 2. The number of ether oxygens (including phenoxy) is 3. The summed E-state index contributed by atoms with van der Waals surface area (Å²) in [5.41, 5.74) is 3.49. The average molecular weight is 415 g/mol. The van der Waals surface area contributed by atoms with E-state index in [0.717, 1.165) is 16.0 Å². The van der Waals surface area contributed by atoms with Gasteiger partial charge in [0.15, 0.2) is 11.4 Å². The molecule has 0 saturated heterocycles. The number of aromatic nitrogens is 1. The molecule has 3 aromatic rings. The van der Waals surface area contributed by atoms with E-state index in [-0.39, 0.29) is 12.5 Å². The van der Waals surface area contributed by atoms with Crippen molar-refractivity contribution in [1.82, 2.24) is 4.57 Å². The SMILES string of the molecule is CCOc1ccc(OCC(=O)N=c2sc3cc(C)c(C)cc3n2CCOC)cc1. The first kappa shape index (κ1) is 21.1. The van der Waals surface area contributed by atoms with Crippen molar-refractivity contribution in [2.45, 2.75) is 27.3 Å². The monoisotopic (exact) mass is 414 g/mol. The van der Waals surface area contributed by atoms with Gasteiger partial charge in [-0.2, -0.15) is 4.99 Å². The number of carbonyl (C=O) groups excluding carboxylic acids is 1. The summed E-state index contributed by atoms with van der Waals surface area (Å²) in [6.07, 6.45) is 0. The standard InChI is InChI=1S/C22H26N2O4S/c1-5-27-17-6-8-18(9-7-17)28-14-21(25)23-22-24(10-11-26-4)19-12-15(2)16(3)13-20(19)29-22/h6-9,12-13H,5,10-11,14H2,1-4H3. The summed E-state index contributed by atoms with van der Waals surface area (Å²) < 4.78 is 19.3. The fourth-order valence-electron chi connectivity index (χ4n) is 2.89.